The second kappa shape index (κ2) is 4.36. The highest BCUT2D eigenvalue weighted by molar-refractivity contribution is 7.99. The van der Waals surface area contributed by atoms with Crippen LogP contribution in [0.25, 0.3) is 0 Å². The molecule has 0 saturated heterocycles. The molecule has 0 amide bonds. The van der Waals surface area contributed by atoms with Crippen LogP contribution in [-0.4, -0.2) is 21.7 Å². The number of thioether (sulfide) groups is 1. The predicted molar refractivity (Wildman–Crippen MR) is 53.1 cm³/mol. The van der Waals surface area contributed by atoms with E-state index >= 15 is 0 Å². The van der Waals surface area contributed by atoms with Crippen LogP contribution in [0, 0.1) is 5.92 Å². The van der Waals surface area contributed by atoms with E-state index in [0.717, 1.165) is 5.75 Å². The summed E-state index contributed by atoms with van der Waals surface area (Å²) in [5.41, 5.74) is -0.520. The molecule has 0 saturated carbocycles. The van der Waals surface area contributed by atoms with Gasteiger partial charge in [-0.05, 0) is 19.8 Å². The van der Waals surface area contributed by atoms with Gasteiger partial charge in [0.25, 0.3) is 0 Å². The fourth-order valence-electron chi connectivity index (χ4n) is 0.528. The van der Waals surface area contributed by atoms with Crippen LogP contribution in [0.1, 0.15) is 34.6 Å². The quantitative estimate of drug-likeness (QED) is 0.710. The lowest BCUT2D eigenvalue weighted by Gasteiger charge is -2.21. The molecule has 0 rings (SSSR count). The molecule has 1 unspecified atom stereocenters. The van der Waals surface area contributed by atoms with E-state index in [2.05, 4.69) is 20.8 Å². The van der Waals surface area contributed by atoms with Gasteiger partial charge in [-0.3, -0.25) is 0 Å². The van der Waals surface area contributed by atoms with Crippen LogP contribution in [0.15, 0.2) is 0 Å². The van der Waals surface area contributed by atoms with Crippen molar-refractivity contribution in [2.24, 2.45) is 5.92 Å². The third kappa shape index (κ3) is 6.70. The minimum Gasteiger partial charge on any atom is -0.390 e. The van der Waals surface area contributed by atoms with E-state index in [9.17, 15) is 5.11 Å². The molecule has 0 aromatic heterocycles. The van der Waals surface area contributed by atoms with Crippen LogP contribution in [0.3, 0.4) is 0 Å². The van der Waals surface area contributed by atoms with Crippen LogP contribution in [0.5, 0.6) is 0 Å². The Hall–Kier alpha value is 0.310. The van der Waals surface area contributed by atoms with Crippen LogP contribution in [0.2, 0.25) is 0 Å². The summed E-state index contributed by atoms with van der Waals surface area (Å²) in [6.45, 7) is 10.3. The van der Waals surface area contributed by atoms with Gasteiger partial charge in [-0.1, -0.05) is 20.8 Å². The van der Waals surface area contributed by atoms with Gasteiger partial charge in [0.05, 0.1) is 5.60 Å². The molecule has 0 spiro atoms. The average molecular weight is 176 g/mol. The van der Waals surface area contributed by atoms with E-state index in [4.69, 9.17) is 0 Å². The number of aliphatic hydroxyl groups is 1. The van der Waals surface area contributed by atoms with E-state index in [1.165, 1.54) is 0 Å². The maximum atomic E-state index is 9.43. The Morgan fingerprint density at radius 3 is 2.00 bits per heavy atom. The van der Waals surface area contributed by atoms with Crippen LogP contribution in [0.4, 0.5) is 0 Å². The predicted octanol–water partition coefficient (Wildman–Crippen LogP) is 2.54. The molecule has 11 heavy (non-hydrogen) atoms. The van der Waals surface area contributed by atoms with Crippen molar-refractivity contribution < 1.29 is 5.11 Å². The number of rotatable bonds is 4. The van der Waals surface area contributed by atoms with Gasteiger partial charge in [-0.15, -0.1) is 0 Å². The van der Waals surface area contributed by atoms with Gasteiger partial charge in [0.1, 0.15) is 0 Å². The summed E-state index contributed by atoms with van der Waals surface area (Å²) in [6.07, 6.45) is 0. The molecule has 1 N–H and O–H groups in total. The Bertz CT molecular complexity index is 105. The van der Waals surface area contributed by atoms with Gasteiger partial charge in [0.2, 0.25) is 0 Å². The first-order chi connectivity index (χ1) is 4.83. The molecule has 0 aliphatic carbocycles. The number of hydrogen-bond acceptors (Lipinski definition) is 2. The lowest BCUT2D eigenvalue weighted by molar-refractivity contribution is 0.107. The first kappa shape index (κ1) is 11.3. The molecule has 0 bridgehead atoms. The standard InChI is InChI=1S/C9H20OS/c1-7(2)8(3)11-6-9(4,5)10/h7-8,10H,6H2,1-5H3. The van der Waals surface area contributed by atoms with Gasteiger partial charge in [-0.25, -0.2) is 0 Å². The van der Waals surface area contributed by atoms with E-state index < -0.39 is 5.60 Å². The van der Waals surface area contributed by atoms with Crippen molar-refractivity contribution in [1.29, 1.82) is 0 Å². The van der Waals surface area contributed by atoms with E-state index in [1.54, 1.807) is 0 Å². The first-order valence-corrected chi connectivity index (χ1v) is 5.22. The maximum absolute atomic E-state index is 9.43. The molecule has 0 aliphatic heterocycles. The SMILES string of the molecule is CC(C)C(C)SCC(C)(C)O. The highest BCUT2D eigenvalue weighted by atomic mass is 32.2. The molecule has 0 aromatic rings. The minimum absolute atomic E-state index is 0.520. The highest BCUT2D eigenvalue weighted by Crippen LogP contribution is 2.22. The van der Waals surface area contributed by atoms with E-state index in [1.807, 2.05) is 25.6 Å². The molecule has 1 nitrogen and oxygen atoms in total. The molecule has 0 radical (unpaired) electrons. The third-order valence-electron chi connectivity index (χ3n) is 1.64. The Balaban J connectivity index is 3.54. The normalized spacial score (nSPS) is 15.5. The summed E-state index contributed by atoms with van der Waals surface area (Å²) in [7, 11) is 0. The molecule has 68 valence electrons. The largest absolute Gasteiger partial charge is 0.390 e. The first-order valence-electron chi connectivity index (χ1n) is 4.17. The summed E-state index contributed by atoms with van der Waals surface area (Å²) in [5, 5.41) is 10.1. The smallest absolute Gasteiger partial charge is 0.0681 e. The van der Waals surface area contributed by atoms with Crippen molar-refractivity contribution in [1.82, 2.24) is 0 Å². The highest BCUT2D eigenvalue weighted by Gasteiger charge is 2.16. The van der Waals surface area contributed by atoms with Crippen molar-refractivity contribution in [2.75, 3.05) is 5.75 Å². The van der Waals surface area contributed by atoms with Crippen molar-refractivity contribution >= 4 is 11.8 Å². The zero-order chi connectivity index (χ0) is 9.07. The monoisotopic (exact) mass is 176 g/mol. The second-order valence-corrected chi connectivity index (χ2v) is 5.44. The van der Waals surface area contributed by atoms with E-state index in [-0.39, 0.29) is 0 Å². The summed E-state index contributed by atoms with van der Waals surface area (Å²) in [6, 6.07) is 0. The molecule has 0 aliphatic rings. The Morgan fingerprint density at radius 1 is 1.27 bits per heavy atom. The van der Waals surface area contributed by atoms with E-state index in [0.29, 0.717) is 11.2 Å². The Morgan fingerprint density at radius 2 is 1.73 bits per heavy atom. The third-order valence-corrected chi connectivity index (χ3v) is 3.58. The second-order valence-electron chi connectivity index (χ2n) is 4.07. The van der Waals surface area contributed by atoms with Crippen molar-refractivity contribution in [3.8, 4) is 0 Å². The molecule has 2 heteroatoms. The summed E-state index contributed by atoms with van der Waals surface area (Å²) in [4.78, 5) is 0. The van der Waals surface area contributed by atoms with Crippen molar-refractivity contribution in [3.63, 3.8) is 0 Å². The van der Waals surface area contributed by atoms with Gasteiger partial charge < -0.3 is 5.11 Å². The lowest BCUT2D eigenvalue weighted by Crippen LogP contribution is -2.24. The summed E-state index contributed by atoms with van der Waals surface area (Å²) >= 11 is 1.84. The zero-order valence-corrected chi connectivity index (χ0v) is 9.03. The molecule has 1 atom stereocenters. The van der Waals surface area contributed by atoms with Gasteiger partial charge in [0, 0.05) is 11.0 Å². The van der Waals surface area contributed by atoms with Crippen molar-refractivity contribution in [3.05, 3.63) is 0 Å². The molecule has 0 fully saturated rings. The Kier molecular flexibility index (Phi) is 4.49. The lowest BCUT2D eigenvalue weighted by atomic mass is 10.1. The summed E-state index contributed by atoms with van der Waals surface area (Å²) < 4.78 is 0. The van der Waals surface area contributed by atoms with Crippen LogP contribution in [-0.2, 0) is 0 Å². The van der Waals surface area contributed by atoms with Crippen LogP contribution >= 0.6 is 11.8 Å². The molecule has 0 aromatic carbocycles. The van der Waals surface area contributed by atoms with Gasteiger partial charge in [0.15, 0.2) is 0 Å². The minimum atomic E-state index is -0.520. The van der Waals surface area contributed by atoms with Gasteiger partial charge >= 0.3 is 0 Å². The topological polar surface area (TPSA) is 20.2 Å². The fraction of sp³-hybridized carbons (Fsp3) is 1.00. The molecule has 0 heterocycles. The number of hydrogen-bond donors (Lipinski definition) is 1. The molecular weight excluding hydrogens is 156 g/mol. The van der Waals surface area contributed by atoms with Gasteiger partial charge in [-0.2, -0.15) is 11.8 Å². The van der Waals surface area contributed by atoms with Crippen LogP contribution < -0.4 is 0 Å². The Labute approximate surface area is 74.6 Å². The zero-order valence-electron chi connectivity index (χ0n) is 8.22. The average Bonchev–Trinajstić information content (AvgIpc) is 1.80. The fourth-order valence-corrected chi connectivity index (χ4v) is 1.58. The molecular formula is C9H20OS. The maximum Gasteiger partial charge on any atom is 0.0681 e. The summed E-state index contributed by atoms with van der Waals surface area (Å²) in [5.74, 6) is 1.52. The van der Waals surface area contributed by atoms with Crippen molar-refractivity contribution in [2.45, 2.75) is 45.5 Å².